The topological polar surface area (TPSA) is 75.6 Å². The molecular weight excluding hydrogens is 462 g/mol. The lowest BCUT2D eigenvalue weighted by molar-refractivity contribution is -0.139. The highest BCUT2D eigenvalue weighted by molar-refractivity contribution is 6.02. The summed E-state index contributed by atoms with van der Waals surface area (Å²) in [5.41, 5.74) is 5.37. The van der Waals surface area contributed by atoms with E-state index in [2.05, 4.69) is 23.5 Å². The van der Waals surface area contributed by atoms with E-state index in [0.717, 1.165) is 49.4 Å². The standard InChI is InChI=1S/C32H25NO4/c34-31(35)30(18-28-22-11-3-1-9-20(22)17-21-10-2-4-12-23(21)28)33-32(36)37-19-29-26-15-7-5-13-24(26)25-14-6-8-16-27(25)29/h1-17,29-30H,18-19H2,(H,33,36)(H,34,35). The van der Waals surface area contributed by atoms with E-state index in [1.807, 2.05) is 84.9 Å². The van der Waals surface area contributed by atoms with Gasteiger partial charge in [-0.1, -0.05) is 97.1 Å². The Morgan fingerprint density at radius 2 is 1.27 bits per heavy atom. The first kappa shape index (κ1) is 22.8. The van der Waals surface area contributed by atoms with Gasteiger partial charge in [-0.3, -0.25) is 0 Å². The molecule has 5 heteroatoms. The maximum absolute atomic E-state index is 12.9. The van der Waals surface area contributed by atoms with Gasteiger partial charge in [0.15, 0.2) is 0 Å². The van der Waals surface area contributed by atoms with Gasteiger partial charge in [-0.2, -0.15) is 0 Å². The highest BCUT2D eigenvalue weighted by atomic mass is 16.5. The number of ether oxygens (including phenoxy) is 1. The van der Waals surface area contributed by atoms with Gasteiger partial charge in [0, 0.05) is 12.3 Å². The van der Waals surface area contributed by atoms with Crippen LogP contribution < -0.4 is 5.32 Å². The van der Waals surface area contributed by atoms with Crippen LogP contribution >= 0.6 is 0 Å². The third-order valence-corrected chi connectivity index (χ3v) is 7.22. The van der Waals surface area contributed by atoms with Crippen LogP contribution in [0.2, 0.25) is 0 Å². The van der Waals surface area contributed by atoms with Crippen LogP contribution in [-0.2, 0) is 16.0 Å². The van der Waals surface area contributed by atoms with Crippen LogP contribution in [0.4, 0.5) is 4.79 Å². The van der Waals surface area contributed by atoms with Gasteiger partial charge in [-0.15, -0.1) is 0 Å². The SMILES string of the molecule is O=C(NC(Cc1c2ccccc2cc2ccccc12)C(=O)O)OCC1c2ccccc2-c2ccccc21. The van der Waals surface area contributed by atoms with Gasteiger partial charge in [-0.25, -0.2) is 9.59 Å². The number of carboxylic acids is 1. The summed E-state index contributed by atoms with van der Waals surface area (Å²) in [6.45, 7) is 0.128. The third-order valence-electron chi connectivity index (χ3n) is 7.22. The molecule has 2 N–H and O–H groups in total. The monoisotopic (exact) mass is 487 g/mol. The Kier molecular flexibility index (Phi) is 5.81. The van der Waals surface area contributed by atoms with E-state index in [-0.39, 0.29) is 18.9 Å². The Bertz CT molecular complexity index is 1560. The molecule has 0 spiro atoms. The molecule has 0 bridgehead atoms. The zero-order chi connectivity index (χ0) is 25.4. The van der Waals surface area contributed by atoms with E-state index in [1.165, 1.54) is 0 Å². The molecule has 5 nitrogen and oxygen atoms in total. The first-order valence-corrected chi connectivity index (χ1v) is 12.3. The van der Waals surface area contributed by atoms with E-state index < -0.39 is 18.1 Å². The van der Waals surface area contributed by atoms with Crippen molar-refractivity contribution in [3.05, 3.63) is 120 Å². The van der Waals surface area contributed by atoms with Crippen LogP contribution in [0, 0.1) is 0 Å². The molecule has 1 amide bonds. The fourth-order valence-corrected chi connectivity index (χ4v) is 5.51. The first-order chi connectivity index (χ1) is 18.1. The molecule has 0 saturated carbocycles. The van der Waals surface area contributed by atoms with Gasteiger partial charge in [0.1, 0.15) is 12.6 Å². The number of aliphatic carboxylic acids is 1. The number of hydrogen-bond acceptors (Lipinski definition) is 3. The van der Waals surface area contributed by atoms with Crippen molar-refractivity contribution < 1.29 is 19.4 Å². The summed E-state index contributed by atoms with van der Waals surface area (Å²) < 4.78 is 5.62. The third kappa shape index (κ3) is 4.19. The highest BCUT2D eigenvalue weighted by Gasteiger charge is 2.30. The van der Waals surface area contributed by atoms with E-state index in [1.54, 1.807) is 0 Å². The minimum absolute atomic E-state index is 0.0940. The van der Waals surface area contributed by atoms with Crippen LogP contribution in [0.15, 0.2) is 103 Å². The van der Waals surface area contributed by atoms with Crippen LogP contribution in [-0.4, -0.2) is 29.8 Å². The number of carbonyl (C=O) groups excluding carboxylic acids is 1. The number of nitrogens with one attached hydrogen (secondary N) is 1. The second-order valence-electron chi connectivity index (χ2n) is 9.36. The maximum atomic E-state index is 12.9. The molecular formula is C32H25NO4. The highest BCUT2D eigenvalue weighted by Crippen LogP contribution is 2.44. The lowest BCUT2D eigenvalue weighted by Crippen LogP contribution is -2.43. The Balaban J connectivity index is 1.23. The summed E-state index contributed by atoms with van der Waals surface area (Å²) in [4.78, 5) is 25.1. The lowest BCUT2D eigenvalue weighted by Gasteiger charge is -2.19. The van der Waals surface area contributed by atoms with Crippen molar-refractivity contribution >= 4 is 33.6 Å². The summed E-state index contributed by atoms with van der Waals surface area (Å²) in [6.07, 6.45) is -0.597. The van der Waals surface area contributed by atoms with Gasteiger partial charge in [-0.05, 0) is 55.4 Å². The smallest absolute Gasteiger partial charge is 0.407 e. The van der Waals surface area contributed by atoms with Gasteiger partial charge in [0.2, 0.25) is 0 Å². The van der Waals surface area contributed by atoms with E-state index in [0.29, 0.717) is 0 Å². The molecule has 37 heavy (non-hydrogen) atoms. The summed E-state index contributed by atoms with van der Waals surface area (Å²) in [5, 5.41) is 16.6. The molecule has 0 heterocycles. The molecule has 0 fully saturated rings. The van der Waals surface area contributed by atoms with E-state index in [4.69, 9.17) is 4.74 Å². The Labute approximate surface area is 214 Å². The van der Waals surface area contributed by atoms with Crippen molar-refractivity contribution in [3.8, 4) is 11.1 Å². The largest absolute Gasteiger partial charge is 0.480 e. The summed E-state index contributed by atoms with van der Waals surface area (Å²) in [7, 11) is 0. The molecule has 0 aliphatic heterocycles. The second-order valence-corrected chi connectivity index (χ2v) is 9.36. The molecule has 0 aromatic heterocycles. The van der Waals surface area contributed by atoms with E-state index in [9.17, 15) is 14.7 Å². The molecule has 1 unspecified atom stereocenters. The van der Waals surface area contributed by atoms with E-state index >= 15 is 0 Å². The number of alkyl carbamates (subject to hydrolysis) is 1. The minimum Gasteiger partial charge on any atom is -0.480 e. The Hall–Kier alpha value is -4.64. The fourth-order valence-electron chi connectivity index (χ4n) is 5.51. The Morgan fingerprint density at radius 1 is 0.757 bits per heavy atom. The molecule has 5 aromatic rings. The van der Waals surface area contributed by atoms with Crippen LogP contribution in [0.25, 0.3) is 32.7 Å². The molecule has 1 atom stereocenters. The average molecular weight is 488 g/mol. The van der Waals surface area contributed by atoms with Crippen molar-refractivity contribution in [3.63, 3.8) is 0 Å². The number of hydrogen-bond donors (Lipinski definition) is 2. The number of fused-ring (bicyclic) bond motifs is 5. The minimum atomic E-state index is -1.13. The zero-order valence-corrected chi connectivity index (χ0v) is 20.1. The predicted molar refractivity (Wildman–Crippen MR) is 145 cm³/mol. The molecule has 1 aliphatic carbocycles. The van der Waals surface area contributed by atoms with Crippen molar-refractivity contribution in [1.29, 1.82) is 0 Å². The zero-order valence-electron chi connectivity index (χ0n) is 20.1. The number of rotatable bonds is 6. The van der Waals surface area contributed by atoms with Crippen molar-refractivity contribution in [1.82, 2.24) is 5.32 Å². The van der Waals surface area contributed by atoms with Crippen LogP contribution in [0.1, 0.15) is 22.6 Å². The molecule has 182 valence electrons. The van der Waals surface area contributed by atoms with Crippen molar-refractivity contribution in [2.75, 3.05) is 6.61 Å². The molecule has 5 aromatic carbocycles. The number of amides is 1. The van der Waals surface area contributed by atoms with Gasteiger partial charge < -0.3 is 15.2 Å². The predicted octanol–water partition coefficient (Wildman–Crippen LogP) is 6.53. The van der Waals surface area contributed by atoms with Crippen molar-refractivity contribution in [2.24, 2.45) is 0 Å². The van der Waals surface area contributed by atoms with Gasteiger partial charge in [0.25, 0.3) is 0 Å². The molecule has 0 radical (unpaired) electrons. The van der Waals surface area contributed by atoms with Crippen LogP contribution in [0.5, 0.6) is 0 Å². The summed E-state index contributed by atoms with van der Waals surface area (Å²) in [5.74, 6) is -1.20. The number of benzene rings is 5. The normalized spacial score (nSPS) is 13.2. The number of carboxylic acid groups (broad SMARTS) is 1. The quantitative estimate of drug-likeness (QED) is 0.267. The van der Waals surface area contributed by atoms with Crippen LogP contribution in [0.3, 0.4) is 0 Å². The fraction of sp³-hybridized carbons (Fsp3) is 0.125. The lowest BCUT2D eigenvalue weighted by atomic mass is 9.92. The number of carbonyl (C=O) groups is 2. The second kappa shape index (κ2) is 9.43. The van der Waals surface area contributed by atoms with Gasteiger partial charge in [0.05, 0.1) is 0 Å². The molecule has 6 rings (SSSR count). The van der Waals surface area contributed by atoms with Crippen molar-refractivity contribution in [2.45, 2.75) is 18.4 Å². The average Bonchev–Trinajstić information content (AvgIpc) is 3.25. The Morgan fingerprint density at radius 3 is 1.84 bits per heavy atom. The summed E-state index contributed by atoms with van der Waals surface area (Å²) in [6, 6.07) is 33.0. The first-order valence-electron chi connectivity index (χ1n) is 12.3. The molecule has 1 aliphatic rings. The maximum Gasteiger partial charge on any atom is 0.407 e. The van der Waals surface area contributed by atoms with Gasteiger partial charge >= 0.3 is 12.1 Å². The molecule has 0 saturated heterocycles. The summed E-state index contributed by atoms with van der Waals surface area (Å²) >= 11 is 0.